The van der Waals surface area contributed by atoms with Crippen molar-refractivity contribution < 1.29 is 33.7 Å². The molecule has 0 saturated heterocycles. The Kier molecular flexibility index (Phi) is 7.55. The molecular formula is C29H46O7. The standard InChI is InChI=1S/C29H46O7/c1-17(7-8-25(32)34-6)22-11-14-29(33)26-23(10-13-28(22,29)5)27(4)12-9-21(35-18(2)30)15-20(27)16-24(26)36-19(3)31/h17,20-24,26,33H,7-16H2,1-6H3/t17-,20+,21-,22-,23+,24+,26+,27+,28-,29-/m1/s1. The smallest absolute Gasteiger partial charge is 0.305 e. The van der Waals surface area contributed by atoms with E-state index in [0.29, 0.717) is 25.2 Å². The molecule has 0 aromatic heterocycles. The van der Waals surface area contributed by atoms with Crippen LogP contribution in [0.1, 0.15) is 98.8 Å². The van der Waals surface area contributed by atoms with E-state index in [0.717, 1.165) is 44.9 Å². The van der Waals surface area contributed by atoms with E-state index >= 15 is 0 Å². The number of hydrogen-bond acceptors (Lipinski definition) is 7. The molecule has 4 aliphatic rings. The summed E-state index contributed by atoms with van der Waals surface area (Å²) in [5.41, 5.74) is -1.19. The second-order valence-corrected chi connectivity index (χ2v) is 12.8. The van der Waals surface area contributed by atoms with Crippen LogP contribution in [0.2, 0.25) is 0 Å². The van der Waals surface area contributed by atoms with E-state index in [1.807, 2.05) is 0 Å². The van der Waals surface area contributed by atoms with Gasteiger partial charge in [0.05, 0.1) is 12.7 Å². The lowest BCUT2D eigenvalue weighted by Crippen LogP contribution is -2.67. The van der Waals surface area contributed by atoms with Gasteiger partial charge in [-0.15, -0.1) is 0 Å². The van der Waals surface area contributed by atoms with E-state index in [9.17, 15) is 19.5 Å². The van der Waals surface area contributed by atoms with Crippen molar-refractivity contribution in [1.29, 1.82) is 0 Å². The Morgan fingerprint density at radius 1 is 0.972 bits per heavy atom. The van der Waals surface area contributed by atoms with Crippen LogP contribution in [0.3, 0.4) is 0 Å². The van der Waals surface area contributed by atoms with E-state index in [1.54, 1.807) is 0 Å². The lowest BCUT2D eigenvalue weighted by Gasteiger charge is -2.65. The number of carbonyl (C=O) groups is 3. The maximum atomic E-state index is 12.6. The Morgan fingerprint density at radius 3 is 2.31 bits per heavy atom. The molecule has 0 spiro atoms. The molecule has 7 heteroatoms. The van der Waals surface area contributed by atoms with Crippen LogP contribution in [-0.4, -0.2) is 47.9 Å². The normalized spacial score (nSPS) is 44.4. The first-order valence-corrected chi connectivity index (χ1v) is 14.0. The molecule has 1 N–H and O–H groups in total. The van der Waals surface area contributed by atoms with Crippen molar-refractivity contribution in [2.24, 2.45) is 40.4 Å². The van der Waals surface area contributed by atoms with Crippen LogP contribution < -0.4 is 0 Å². The first-order chi connectivity index (χ1) is 16.9. The fourth-order valence-corrected chi connectivity index (χ4v) is 9.42. The van der Waals surface area contributed by atoms with Gasteiger partial charge in [0.2, 0.25) is 0 Å². The van der Waals surface area contributed by atoms with Crippen molar-refractivity contribution in [3.8, 4) is 0 Å². The first kappa shape index (κ1) is 27.4. The van der Waals surface area contributed by atoms with Gasteiger partial charge in [0.1, 0.15) is 12.2 Å². The maximum absolute atomic E-state index is 12.6. The van der Waals surface area contributed by atoms with Crippen LogP contribution >= 0.6 is 0 Å². The number of rotatable bonds is 6. The number of carbonyl (C=O) groups excluding carboxylic acids is 3. The second kappa shape index (κ2) is 9.92. The predicted octanol–water partition coefficient (Wildman–Crippen LogP) is 4.82. The SMILES string of the molecule is COC(=O)CC[C@@H](C)[C@H]1CC[C@@]2(O)[C@@H]3[C@@H](OC(C)=O)C[C@@H]4C[C@H](OC(C)=O)CC[C@]4(C)[C@H]3CC[C@]12C. The highest BCUT2D eigenvalue weighted by molar-refractivity contribution is 5.69. The van der Waals surface area contributed by atoms with E-state index in [-0.39, 0.29) is 64.6 Å². The van der Waals surface area contributed by atoms with Gasteiger partial charge in [-0.05, 0) is 92.3 Å². The summed E-state index contributed by atoms with van der Waals surface area (Å²) in [5.74, 6) is 0.293. The summed E-state index contributed by atoms with van der Waals surface area (Å²) in [6, 6.07) is 0. The Labute approximate surface area is 216 Å². The van der Waals surface area contributed by atoms with Crippen molar-refractivity contribution in [3.05, 3.63) is 0 Å². The Hall–Kier alpha value is -1.63. The van der Waals surface area contributed by atoms with Gasteiger partial charge in [-0.2, -0.15) is 0 Å². The fourth-order valence-electron chi connectivity index (χ4n) is 9.42. The second-order valence-electron chi connectivity index (χ2n) is 12.8. The molecule has 0 aliphatic heterocycles. The van der Waals surface area contributed by atoms with E-state index in [1.165, 1.54) is 21.0 Å². The molecule has 10 atom stereocenters. The van der Waals surface area contributed by atoms with Gasteiger partial charge in [0.15, 0.2) is 0 Å². The first-order valence-electron chi connectivity index (χ1n) is 14.0. The summed E-state index contributed by atoms with van der Waals surface area (Å²) in [5, 5.41) is 12.6. The van der Waals surface area contributed by atoms with Crippen LogP contribution in [0.5, 0.6) is 0 Å². The van der Waals surface area contributed by atoms with Gasteiger partial charge in [-0.25, -0.2) is 0 Å². The van der Waals surface area contributed by atoms with E-state index in [4.69, 9.17) is 14.2 Å². The predicted molar refractivity (Wildman–Crippen MR) is 134 cm³/mol. The minimum absolute atomic E-state index is 0.0175. The Morgan fingerprint density at radius 2 is 1.67 bits per heavy atom. The van der Waals surface area contributed by atoms with Gasteiger partial charge in [0, 0.05) is 26.2 Å². The third-order valence-electron chi connectivity index (χ3n) is 11.2. The maximum Gasteiger partial charge on any atom is 0.305 e. The molecule has 4 rings (SSSR count). The molecule has 0 aromatic carbocycles. The number of methoxy groups -OCH3 is 1. The average Bonchev–Trinajstić information content (AvgIpc) is 3.08. The van der Waals surface area contributed by atoms with Gasteiger partial charge < -0.3 is 19.3 Å². The summed E-state index contributed by atoms with van der Waals surface area (Å²) < 4.78 is 16.5. The largest absolute Gasteiger partial charge is 0.469 e. The molecule has 4 aliphatic carbocycles. The van der Waals surface area contributed by atoms with Crippen LogP contribution in [0, 0.1) is 40.4 Å². The summed E-state index contributed by atoms with van der Waals surface area (Å²) in [7, 11) is 1.43. The molecule has 0 aromatic rings. The molecule has 0 unspecified atom stereocenters. The van der Waals surface area contributed by atoms with Gasteiger partial charge in [0.25, 0.3) is 0 Å². The summed E-state index contributed by atoms with van der Waals surface area (Å²) in [4.78, 5) is 35.7. The molecule has 204 valence electrons. The Bertz CT molecular complexity index is 872. The highest BCUT2D eigenvalue weighted by Crippen LogP contribution is 2.70. The topological polar surface area (TPSA) is 99.1 Å². The van der Waals surface area contributed by atoms with Crippen LogP contribution in [-0.2, 0) is 28.6 Å². The van der Waals surface area contributed by atoms with Crippen molar-refractivity contribution in [2.75, 3.05) is 7.11 Å². The van der Waals surface area contributed by atoms with Crippen LogP contribution in [0.4, 0.5) is 0 Å². The highest BCUT2D eigenvalue weighted by atomic mass is 16.5. The third kappa shape index (κ3) is 4.48. The molecule has 7 nitrogen and oxygen atoms in total. The molecule has 0 heterocycles. The minimum atomic E-state index is -0.916. The molecule has 36 heavy (non-hydrogen) atoms. The average molecular weight is 507 g/mol. The molecular weight excluding hydrogens is 460 g/mol. The van der Waals surface area contributed by atoms with Crippen molar-refractivity contribution >= 4 is 17.9 Å². The monoisotopic (exact) mass is 506 g/mol. The van der Waals surface area contributed by atoms with Crippen molar-refractivity contribution in [2.45, 2.75) is 117 Å². The summed E-state index contributed by atoms with van der Waals surface area (Å²) in [6.45, 7) is 9.73. The van der Waals surface area contributed by atoms with Crippen LogP contribution in [0.15, 0.2) is 0 Å². The molecule has 0 amide bonds. The summed E-state index contributed by atoms with van der Waals surface area (Å²) in [6.07, 6.45) is 7.56. The lowest BCUT2D eigenvalue weighted by molar-refractivity contribution is -0.249. The number of hydrogen-bond donors (Lipinski definition) is 1. The number of esters is 3. The van der Waals surface area contributed by atoms with E-state index in [2.05, 4.69) is 20.8 Å². The van der Waals surface area contributed by atoms with Gasteiger partial charge in [-0.1, -0.05) is 20.8 Å². The van der Waals surface area contributed by atoms with Crippen molar-refractivity contribution in [1.82, 2.24) is 0 Å². The molecule has 0 bridgehead atoms. The fraction of sp³-hybridized carbons (Fsp3) is 0.897. The zero-order valence-corrected chi connectivity index (χ0v) is 23.0. The number of ether oxygens (including phenoxy) is 3. The number of aliphatic hydroxyl groups is 1. The molecule has 4 fully saturated rings. The van der Waals surface area contributed by atoms with E-state index < -0.39 is 5.60 Å². The highest BCUT2D eigenvalue weighted by Gasteiger charge is 2.70. The summed E-state index contributed by atoms with van der Waals surface area (Å²) >= 11 is 0. The molecule has 4 saturated carbocycles. The third-order valence-corrected chi connectivity index (χ3v) is 11.2. The quantitative estimate of drug-likeness (QED) is 0.407. The minimum Gasteiger partial charge on any atom is -0.469 e. The number of fused-ring (bicyclic) bond motifs is 5. The lowest BCUT2D eigenvalue weighted by atomic mass is 9.42. The Balaban J connectivity index is 1.63. The van der Waals surface area contributed by atoms with Crippen LogP contribution in [0.25, 0.3) is 0 Å². The van der Waals surface area contributed by atoms with Gasteiger partial charge >= 0.3 is 17.9 Å². The zero-order valence-electron chi connectivity index (χ0n) is 23.0. The zero-order chi connectivity index (χ0) is 26.5. The molecule has 0 radical (unpaired) electrons. The van der Waals surface area contributed by atoms with Crippen molar-refractivity contribution in [3.63, 3.8) is 0 Å². The van der Waals surface area contributed by atoms with Gasteiger partial charge in [-0.3, -0.25) is 14.4 Å².